The van der Waals surface area contributed by atoms with Crippen molar-refractivity contribution >= 4 is 17.3 Å². The van der Waals surface area contributed by atoms with Crippen molar-refractivity contribution < 1.29 is 19.0 Å². The first kappa shape index (κ1) is 19.6. The molecule has 2 N–H and O–H groups in total. The fraction of sp³-hybridized carbons (Fsp3) is 0.350. The summed E-state index contributed by atoms with van der Waals surface area (Å²) in [6, 6.07) is 14.8. The molecule has 1 amide bonds. The Labute approximate surface area is 154 Å². The van der Waals surface area contributed by atoms with Gasteiger partial charge < -0.3 is 24.8 Å². The number of rotatable bonds is 10. The Kier molecular flexibility index (Phi) is 7.76. The molecule has 0 radical (unpaired) electrons. The number of nitrogens with one attached hydrogen (secondary N) is 2. The Morgan fingerprint density at radius 3 is 2.65 bits per heavy atom. The summed E-state index contributed by atoms with van der Waals surface area (Å²) in [4.78, 5) is 12.2. The molecule has 0 spiro atoms. The average molecular weight is 358 g/mol. The average Bonchev–Trinajstić information content (AvgIpc) is 2.62. The van der Waals surface area contributed by atoms with E-state index in [4.69, 9.17) is 14.2 Å². The minimum Gasteiger partial charge on any atom is -0.491 e. The molecule has 0 aromatic heterocycles. The van der Waals surface area contributed by atoms with Gasteiger partial charge in [0.15, 0.2) is 0 Å². The molecule has 0 bridgehead atoms. The molecule has 0 atom stereocenters. The van der Waals surface area contributed by atoms with Gasteiger partial charge in [-0.3, -0.25) is 4.79 Å². The van der Waals surface area contributed by atoms with E-state index in [0.29, 0.717) is 24.7 Å². The van der Waals surface area contributed by atoms with Crippen molar-refractivity contribution in [2.45, 2.75) is 20.0 Å². The van der Waals surface area contributed by atoms with E-state index in [2.05, 4.69) is 10.6 Å². The second-order valence-electron chi connectivity index (χ2n) is 5.93. The number of carbonyl (C=O) groups is 1. The standard InChI is InChI=1S/C20H26N2O4/c1-15(2)26-19-10-5-4-9-18(19)22-20(23)14-21-16-7-6-8-17(13-16)25-12-11-24-3/h4-10,13,15,21H,11-12,14H2,1-3H3,(H,22,23). The second kappa shape index (κ2) is 10.3. The zero-order valence-electron chi connectivity index (χ0n) is 15.5. The summed E-state index contributed by atoms with van der Waals surface area (Å²) in [7, 11) is 1.63. The maximum absolute atomic E-state index is 12.2. The van der Waals surface area contributed by atoms with E-state index in [1.54, 1.807) is 7.11 Å². The molecule has 0 saturated carbocycles. The Balaban J connectivity index is 1.88. The second-order valence-corrected chi connectivity index (χ2v) is 5.93. The van der Waals surface area contributed by atoms with Crippen molar-refractivity contribution in [2.24, 2.45) is 0 Å². The summed E-state index contributed by atoms with van der Waals surface area (Å²) in [5, 5.41) is 5.96. The van der Waals surface area contributed by atoms with Crippen LogP contribution in [0.4, 0.5) is 11.4 Å². The van der Waals surface area contributed by atoms with E-state index < -0.39 is 0 Å². The van der Waals surface area contributed by atoms with E-state index in [9.17, 15) is 4.79 Å². The number of amides is 1. The van der Waals surface area contributed by atoms with Crippen molar-refractivity contribution in [3.63, 3.8) is 0 Å². The number of para-hydroxylation sites is 2. The van der Waals surface area contributed by atoms with Crippen molar-refractivity contribution in [3.05, 3.63) is 48.5 Å². The van der Waals surface area contributed by atoms with Gasteiger partial charge in [0.25, 0.3) is 0 Å². The molecule has 0 heterocycles. The molecule has 0 saturated heterocycles. The third-order valence-electron chi connectivity index (χ3n) is 3.37. The molecule has 140 valence electrons. The van der Waals surface area contributed by atoms with E-state index in [1.165, 1.54) is 0 Å². The summed E-state index contributed by atoms with van der Waals surface area (Å²) < 4.78 is 16.2. The van der Waals surface area contributed by atoms with Gasteiger partial charge in [0.1, 0.15) is 18.1 Å². The molecule has 6 nitrogen and oxygen atoms in total. The van der Waals surface area contributed by atoms with Crippen LogP contribution >= 0.6 is 0 Å². The number of hydrogen-bond donors (Lipinski definition) is 2. The number of benzene rings is 2. The van der Waals surface area contributed by atoms with E-state index in [1.807, 2.05) is 62.4 Å². The number of anilines is 2. The first-order valence-corrected chi connectivity index (χ1v) is 8.59. The summed E-state index contributed by atoms with van der Waals surface area (Å²) in [6.07, 6.45) is 0.0343. The van der Waals surface area contributed by atoms with Gasteiger partial charge in [-0.15, -0.1) is 0 Å². The lowest BCUT2D eigenvalue weighted by Crippen LogP contribution is -2.22. The maximum Gasteiger partial charge on any atom is 0.243 e. The molecule has 2 aromatic rings. The van der Waals surface area contributed by atoms with Crippen LogP contribution in [-0.2, 0) is 9.53 Å². The topological polar surface area (TPSA) is 68.8 Å². The fourth-order valence-corrected chi connectivity index (χ4v) is 2.24. The lowest BCUT2D eigenvalue weighted by Gasteiger charge is -2.15. The number of methoxy groups -OCH3 is 1. The summed E-state index contributed by atoms with van der Waals surface area (Å²) in [5.74, 6) is 1.23. The van der Waals surface area contributed by atoms with Gasteiger partial charge in [-0.05, 0) is 38.1 Å². The smallest absolute Gasteiger partial charge is 0.243 e. The third-order valence-corrected chi connectivity index (χ3v) is 3.37. The number of hydrogen-bond acceptors (Lipinski definition) is 5. The van der Waals surface area contributed by atoms with Crippen LogP contribution in [0.2, 0.25) is 0 Å². The van der Waals surface area contributed by atoms with Crippen molar-refractivity contribution in [2.75, 3.05) is 37.5 Å². The van der Waals surface area contributed by atoms with Crippen LogP contribution in [0.15, 0.2) is 48.5 Å². The fourth-order valence-electron chi connectivity index (χ4n) is 2.24. The molecule has 0 aliphatic carbocycles. The zero-order valence-corrected chi connectivity index (χ0v) is 15.5. The third kappa shape index (κ3) is 6.64. The van der Waals surface area contributed by atoms with Crippen LogP contribution in [0, 0.1) is 0 Å². The van der Waals surface area contributed by atoms with Crippen LogP contribution in [-0.4, -0.2) is 38.9 Å². The van der Waals surface area contributed by atoms with E-state index >= 15 is 0 Å². The van der Waals surface area contributed by atoms with Crippen LogP contribution in [0.1, 0.15) is 13.8 Å². The highest BCUT2D eigenvalue weighted by Gasteiger charge is 2.09. The predicted octanol–water partition coefficient (Wildman–Crippen LogP) is 3.55. The highest BCUT2D eigenvalue weighted by atomic mass is 16.5. The van der Waals surface area contributed by atoms with E-state index in [-0.39, 0.29) is 18.6 Å². The summed E-state index contributed by atoms with van der Waals surface area (Å²) >= 11 is 0. The quantitative estimate of drug-likeness (QED) is 0.636. The van der Waals surface area contributed by atoms with Crippen LogP contribution in [0.3, 0.4) is 0 Å². The Morgan fingerprint density at radius 2 is 1.88 bits per heavy atom. The zero-order chi connectivity index (χ0) is 18.8. The van der Waals surface area contributed by atoms with Gasteiger partial charge >= 0.3 is 0 Å². The van der Waals surface area contributed by atoms with Gasteiger partial charge in [-0.1, -0.05) is 18.2 Å². The van der Waals surface area contributed by atoms with Gasteiger partial charge in [-0.25, -0.2) is 0 Å². The monoisotopic (exact) mass is 358 g/mol. The van der Waals surface area contributed by atoms with Gasteiger partial charge in [0, 0.05) is 18.9 Å². The SMILES string of the molecule is COCCOc1cccc(NCC(=O)Nc2ccccc2OC(C)C)c1. The molecule has 0 fully saturated rings. The predicted molar refractivity (Wildman–Crippen MR) is 103 cm³/mol. The van der Waals surface area contributed by atoms with Crippen molar-refractivity contribution in [1.29, 1.82) is 0 Å². The first-order chi connectivity index (χ1) is 12.6. The number of carbonyl (C=O) groups excluding carboxylic acids is 1. The van der Waals surface area contributed by atoms with Crippen molar-refractivity contribution in [1.82, 2.24) is 0 Å². The van der Waals surface area contributed by atoms with Gasteiger partial charge in [-0.2, -0.15) is 0 Å². The van der Waals surface area contributed by atoms with Crippen LogP contribution in [0.5, 0.6) is 11.5 Å². The number of ether oxygens (including phenoxy) is 3. The molecule has 26 heavy (non-hydrogen) atoms. The Bertz CT molecular complexity index is 704. The van der Waals surface area contributed by atoms with Gasteiger partial charge in [0.05, 0.1) is 24.9 Å². The lowest BCUT2D eigenvalue weighted by atomic mass is 10.2. The highest BCUT2D eigenvalue weighted by molar-refractivity contribution is 5.95. The highest BCUT2D eigenvalue weighted by Crippen LogP contribution is 2.24. The summed E-state index contributed by atoms with van der Waals surface area (Å²) in [6.45, 7) is 5.03. The molecule has 2 rings (SSSR count). The lowest BCUT2D eigenvalue weighted by molar-refractivity contribution is -0.114. The largest absolute Gasteiger partial charge is 0.491 e. The minimum absolute atomic E-state index is 0.0343. The minimum atomic E-state index is -0.157. The van der Waals surface area contributed by atoms with Crippen molar-refractivity contribution in [3.8, 4) is 11.5 Å². The molecular weight excluding hydrogens is 332 g/mol. The Hall–Kier alpha value is -2.73. The molecular formula is C20H26N2O4. The normalized spacial score (nSPS) is 10.5. The van der Waals surface area contributed by atoms with E-state index in [0.717, 1.165) is 11.4 Å². The molecule has 0 unspecified atom stereocenters. The first-order valence-electron chi connectivity index (χ1n) is 8.59. The maximum atomic E-state index is 12.2. The van der Waals surface area contributed by atoms with Crippen LogP contribution in [0.25, 0.3) is 0 Å². The molecule has 2 aromatic carbocycles. The molecule has 0 aliphatic heterocycles. The molecule has 6 heteroatoms. The summed E-state index contributed by atoms with van der Waals surface area (Å²) in [5.41, 5.74) is 1.46. The van der Waals surface area contributed by atoms with Crippen LogP contribution < -0.4 is 20.1 Å². The Morgan fingerprint density at radius 1 is 1.08 bits per heavy atom. The molecule has 0 aliphatic rings. The van der Waals surface area contributed by atoms with Gasteiger partial charge in [0.2, 0.25) is 5.91 Å².